The van der Waals surface area contributed by atoms with E-state index in [4.69, 9.17) is 0 Å². The molecule has 2 aromatic carbocycles. The second kappa shape index (κ2) is 6.19. The zero-order valence-electron chi connectivity index (χ0n) is 11.3. The van der Waals surface area contributed by atoms with Crippen LogP contribution in [0.3, 0.4) is 0 Å². The molecule has 0 aliphatic carbocycles. The number of rotatable bonds is 2. The topological polar surface area (TPSA) is 69.6 Å². The Kier molecular flexibility index (Phi) is 4.73. The minimum absolute atomic E-state index is 0. The number of nitrogens with one attached hydrogen (secondary N) is 1. The first-order chi connectivity index (χ1) is 9.57. The summed E-state index contributed by atoms with van der Waals surface area (Å²) in [5, 5.41) is 4.70. The number of benzene rings is 2. The van der Waals surface area contributed by atoms with E-state index in [0.717, 1.165) is 37.3 Å². The van der Waals surface area contributed by atoms with Crippen LogP contribution in [0.25, 0.3) is 10.8 Å². The maximum absolute atomic E-state index is 11.5. The monoisotopic (exact) mass is 328 g/mol. The molecule has 1 fully saturated rings. The Bertz CT molecular complexity index is 743. The van der Waals surface area contributed by atoms with Gasteiger partial charge in [-0.15, -0.1) is 12.4 Å². The highest BCUT2D eigenvalue weighted by atomic mass is 35.5. The Labute approximate surface area is 130 Å². The van der Waals surface area contributed by atoms with E-state index in [1.165, 1.54) is 6.07 Å². The zero-order valence-corrected chi connectivity index (χ0v) is 13.0. The van der Waals surface area contributed by atoms with Gasteiger partial charge in [-0.1, -0.05) is 24.3 Å². The molecule has 3 rings (SSSR count). The lowest BCUT2D eigenvalue weighted by molar-refractivity contribution is 0.484. The maximum Gasteiger partial charge on any atom is 0.295 e. The first kappa shape index (κ1) is 16.0. The van der Waals surface area contributed by atoms with Crippen molar-refractivity contribution in [2.24, 2.45) is 0 Å². The highest BCUT2D eigenvalue weighted by molar-refractivity contribution is 7.86. The van der Waals surface area contributed by atoms with Crippen molar-refractivity contribution in [1.29, 1.82) is 0 Å². The van der Waals surface area contributed by atoms with Crippen LogP contribution < -0.4 is 10.2 Å². The molecular weight excluding hydrogens is 312 g/mol. The number of fused-ring (bicyclic) bond motifs is 1. The SMILES string of the molecule is Cl.O=S(=O)(O)c1ccc(N2CCNCC2)c2ccccc12. The van der Waals surface area contributed by atoms with E-state index >= 15 is 0 Å². The molecule has 0 spiro atoms. The van der Waals surface area contributed by atoms with Gasteiger partial charge in [0.2, 0.25) is 0 Å². The number of piperazine rings is 1. The quantitative estimate of drug-likeness (QED) is 0.824. The molecular formula is C14H17ClN2O3S. The van der Waals surface area contributed by atoms with Gasteiger partial charge in [0.05, 0.1) is 0 Å². The third kappa shape index (κ3) is 3.13. The average molecular weight is 329 g/mol. The fourth-order valence-electron chi connectivity index (χ4n) is 2.66. The van der Waals surface area contributed by atoms with Gasteiger partial charge in [-0.3, -0.25) is 4.55 Å². The molecule has 0 aromatic heterocycles. The Morgan fingerprint density at radius 2 is 1.62 bits per heavy atom. The van der Waals surface area contributed by atoms with Crippen molar-refractivity contribution >= 4 is 39.0 Å². The second-order valence-corrected chi connectivity index (χ2v) is 6.23. The van der Waals surface area contributed by atoms with Crippen molar-refractivity contribution in [2.45, 2.75) is 4.90 Å². The fourth-order valence-corrected chi connectivity index (χ4v) is 3.36. The lowest BCUT2D eigenvalue weighted by atomic mass is 10.1. The fraction of sp³-hybridized carbons (Fsp3) is 0.286. The average Bonchev–Trinajstić information content (AvgIpc) is 2.46. The second-order valence-electron chi connectivity index (χ2n) is 4.84. The molecule has 0 unspecified atom stereocenters. The first-order valence-corrected chi connectivity index (χ1v) is 7.96. The predicted molar refractivity (Wildman–Crippen MR) is 86.1 cm³/mol. The van der Waals surface area contributed by atoms with Crippen molar-refractivity contribution in [1.82, 2.24) is 5.32 Å². The molecule has 1 aliphatic rings. The van der Waals surface area contributed by atoms with Crippen molar-refractivity contribution in [3.8, 4) is 0 Å². The van der Waals surface area contributed by atoms with E-state index in [1.807, 2.05) is 12.1 Å². The molecule has 1 saturated heterocycles. The van der Waals surface area contributed by atoms with Crippen LogP contribution in [0, 0.1) is 0 Å². The molecule has 114 valence electrons. The number of halogens is 1. The zero-order chi connectivity index (χ0) is 14.2. The predicted octanol–water partition coefficient (Wildman–Crippen LogP) is 1.92. The molecule has 0 radical (unpaired) electrons. The Balaban J connectivity index is 0.00000161. The third-order valence-electron chi connectivity index (χ3n) is 3.60. The van der Waals surface area contributed by atoms with Crippen LogP contribution in [0.2, 0.25) is 0 Å². The van der Waals surface area contributed by atoms with E-state index in [9.17, 15) is 13.0 Å². The van der Waals surface area contributed by atoms with Crippen LogP contribution in [-0.2, 0) is 10.1 Å². The molecule has 2 aromatic rings. The highest BCUT2D eigenvalue weighted by Gasteiger charge is 2.18. The summed E-state index contributed by atoms with van der Waals surface area (Å²) in [4.78, 5) is 2.19. The van der Waals surface area contributed by atoms with Gasteiger partial charge in [-0.25, -0.2) is 0 Å². The van der Waals surface area contributed by atoms with Gasteiger partial charge in [0.1, 0.15) is 4.90 Å². The standard InChI is InChI=1S/C14H16N2O3S.ClH/c17-20(18,19)14-6-5-13(16-9-7-15-8-10-16)11-3-1-2-4-12(11)14;/h1-6,15H,7-10H2,(H,17,18,19);1H. The van der Waals surface area contributed by atoms with E-state index in [-0.39, 0.29) is 17.3 Å². The number of hydrogen-bond acceptors (Lipinski definition) is 4. The normalized spacial score (nSPS) is 15.8. The van der Waals surface area contributed by atoms with Gasteiger partial charge in [-0.05, 0) is 12.1 Å². The lowest BCUT2D eigenvalue weighted by Crippen LogP contribution is -2.43. The van der Waals surface area contributed by atoms with E-state index < -0.39 is 10.1 Å². The molecule has 0 atom stereocenters. The van der Waals surface area contributed by atoms with Gasteiger partial charge >= 0.3 is 0 Å². The minimum Gasteiger partial charge on any atom is -0.368 e. The molecule has 1 aliphatic heterocycles. The van der Waals surface area contributed by atoms with E-state index in [2.05, 4.69) is 10.2 Å². The third-order valence-corrected chi connectivity index (χ3v) is 4.51. The van der Waals surface area contributed by atoms with Crippen LogP contribution >= 0.6 is 12.4 Å². The van der Waals surface area contributed by atoms with Gasteiger partial charge < -0.3 is 10.2 Å². The highest BCUT2D eigenvalue weighted by Crippen LogP contribution is 2.31. The van der Waals surface area contributed by atoms with Crippen LogP contribution in [0.15, 0.2) is 41.3 Å². The smallest absolute Gasteiger partial charge is 0.295 e. The number of hydrogen-bond donors (Lipinski definition) is 2. The molecule has 21 heavy (non-hydrogen) atoms. The van der Waals surface area contributed by atoms with Crippen molar-refractivity contribution < 1.29 is 13.0 Å². The van der Waals surface area contributed by atoms with Gasteiger partial charge in [0.25, 0.3) is 10.1 Å². The summed E-state index contributed by atoms with van der Waals surface area (Å²) < 4.78 is 32.3. The number of anilines is 1. The van der Waals surface area contributed by atoms with Gasteiger partial charge in [-0.2, -0.15) is 8.42 Å². The van der Waals surface area contributed by atoms with Crippen LogP contribution in [0.4, 0.5) is 5.69 Å². The first-order valence-electron chi connectivity index (χ1n) is 6.52. The van der Waals surface area contributed by atoms with Crippen molar-refractivity contribution in [3.05, 3.63) is 36.4 Å². The van der Waals surface area contributed by atoms with Gasteiger partial charge in [0, 0.05) is 42.6 Å². The summed E-state index contributed by atoms with van der Waals surface area (Å²) in [5.41, 5.74) is 1.01. The Hall–Kier alpha value is -1.34. The molecule has 1 heterocycles. The summed E-state index contributed by atoms with van der Waals surface area (Å²) >= 11 is 0. The molecule has 7 heteroatoms. The van der Waals surface area contributed by atoms with Crippen LogP contribution in [0.5, 0.6) is 0 Å². The largest absolute Gasteiger partial charge is 0.368 e. The molecule has 5 nitrogen and oxygen atoms in total. The van der Waals surface area contributed by atoms with Crippen LogP contribution in [-0.4, -0.2) is 39.1 Å². The molecule has 0 saturated carbocycles. The Morgan fingerprint density at radius 1 is 1.00 bits per heavy atom. The molecule has 0 amide bonds. The Morgan fingerprint density at radius 3 is 2.24 bits per heavy atom. The van der Waals surface area contributed by atoms with Crippen LogP contribution in [0.1, 0.15) is 0 Å². The van der Waals surface area contributed by atoms with E-state index in [0.29, 0.717) is 5.39 Å². The van der Waals surface area contributed by atoms with Crippen molar-refractivity contribution in [2.75, 3.05) is 31.1 Å². The molecule has 0 bridgehead atoms. The number of nitrogens with zero attached hydrogens (tertiary/aromatic N) is 1. The minimum atomic E-state index is -4.21. The van der Waals surface area contributed by atoms with Gasteiger partial charge in [0.15, 0.2) is 0 Å². The summed E-state index contributed by atoms with van der Waals surface area (Å²) in [7, 11) is -4.21. The maximum atomic E-state index is 11.5. The summed E-state index contributed by atoms with van der Waals surface area (Å²) in [6.07, 6.45) is 0. The summed E-state index contributed by atoms with van der Waals surface area (Å²) in [6.45, 7) is 3.59. The summed E-state index contributed by atoms with van der Waals surface area (Å²) in [6, 6.07) is 10.5. The van der Waals surface area contributed by atoms with E-state index in [1.54, 1.807) is 18.2 Å². The lowest BCUT2D eigenvalue weighted by Gasteiger charge is -2.30. The van der Waals surface area contributed by atoms with Crippen molar-refractivity contribution in [3.63, 3.8) is 0 Å². The summed E-state index contributed by atoms with van der Waals surface area (Å²) in [5.74, 6) is 0. The molecule has 2 N–H and O–H groups in total.